The molecule has 0 aromatic rings. The number of rotatable bonds is 1. The van der Waals surface area contributed by atoms with Gasteiger partial charge in [-0.2, -0.15) is 0 Å². The number of hydrogen-bond donors (Lipinski definition) is 2. The summed E-state index contributed by atoms with van der Waals surface area (Å²) in [5, 5.41) is 16.9. The van der Waals surface area contributed by atoms with E-state index in [-0.39, 0.29) is 12.8 Å². The molecule has 5 heteroatoms. The summed E-state index contributed by atoms with van der Waals surface area (Å²) in [6, 6.07) is 0. The first-order chi connectivity index (χ1) is 4.63. The highest BCUT2D eigenvalue weighted by molar-refractivity contribution is 6.01. The monoisotopic (exact) mass is 145 g/mol. The Morgan fingerprint density at radius 1 is 1.20 bits per heavy atom. The van der Waals surface area contributed by atoms with Gasteiger partial charge in [-0.3, -0.25) is 9.59 Å². The molecule has 1 aliphatic rings. The van der Waals surface area contributed by atoms with Crippen molar-refractivity contribution < 1.29 is 19.8 Å². The molecule has 0 spiro atoms. The Balaban J connectivity index is 2.72. The van der Waals surface area contributed by atoms with Gasteiger partial charge in [0.2, 0.25) is 18.2 Å². The zero-order chi connectivity index (χ0) is 7.72. The number of nitrogens with zero attached hydrogens (tertiary/aromatic N) is 1. The van der Waals surface area contributed by atoms with Gasteiger partial charge in [-0.25, -0.2) is 4.90 Å². The second-order valence-electron chi connectivity index (χ2n) is 2.00. The fourth-order valence-electron chi connectivity index (χ4n) is 0.851. The van der Waals surface area contributed by atoms with Crippen LogP contribution in [0.3, 0.4) is 0 Å². The first-order valence-corrected chi connectivity index (χ1v) is 2.84. The van der Waals surface area contributed by atoms with Gasteiger partial charge in [0.25, 0.3) is 0 Å². The van der Waals surface area contributed by atoms with E-state index in [0.29, 0.717) is 4.90 Å². The van der Waals surface area contributed by atoms with Crippen molar-refractivity contribution in [3.8, 4) is 0 Å². The van der Waals surface area contributed by atoms with Gasteiger partial charge in [-0.1, -0.05) is 0 Å². The normalized spacial score (nSPS) is 19.3. The fraction of sp³-hybridized carbons (Fsp3) is 0.600. The number of imide groups is 1. The molecule has 2 N–H and O–H groups in total. The Kier molecular flexibility index (Phi) is 1.69. The van der Waals surface area contributed by atoms with Crippen LogP contribution in [0, 0.1) is 0 Å². The fourth-order valence-corrected chi connectivity index (χ4v) is 0.851. The number of likely N-dealkylation sites (tertiary alicyclic amines) is 1. The third-order valence-corrected chi connectivity index (χ3v) is 1.32. The molecule has 10 heavy (non-hydrogen) atoms. The third-order valence-electron chi connectivity index (χ3n) is 1.32. The Labute approximate surface area is 56.9 Å². The summed E-state index contributed by atoms with van der Waals surface area (Å²) in [5.41, 5.74) is 0. The molecule has 56 valence electrons. The molecule has 0 aromatic heterocycles. The molecule has 1 heterocycles. The number of amides is 2. The standard InChI is InChI=1S/C5H7NO4/c7-3-1-2-4(8)6(3)5(9)10/h5,9-10H,1-2H2. The first-order valence-electron chi connectivity index (χ1n) is 2.84. The Hall–Kier alpha value is -0.940. The Morgan fingerprint density at radius 2 is 1.60 bits per heavy atom. The summed E-state index contributed by atoms with van der Waals surface area (Å²) in [5.74, 6) is -1.06. The van der Waals surface area contributed by atoms with Crippen LogP contribution in [0.4, 0.5) is 0 Å². The van der Waals surface area contributed by atoms with Crippen molar-refractivity contribution >= 4 is 11.8 Å². The van der Waals surface area contributed by atoms with Crippen LogP contribution in [0.25, 0.3) is 0 Å². The van der Waals surface area contributed by atoms with Gasteiger partial charge in [0.1, 0.15) is 0 Å². The van der Waals surface area contributed by atoms with Crippen LogP contribution in [0.1, 0.15) is 12.8 Å². The number of aliphatic hydroxyl groups excluding tert-OH is 1. The van der Waals surface area contributed by atoms with Gasteiger partial charge in [0.05, 0.1) is 0 Å². The summed E-state index contributed by atoms with van der Waals surface area (Å²) in [6.45, 7) is 0. The van der Waals surface area contributed by atoms with Crippen LogP contribution >= 0.6 is 0 Å². The number of hydrogen-bond acceptors (Lipinski definition) is 4. The van der Waals surface area contributed by atoms with E-state index in [1.807, 2.05) is 0 Å². The molecule has 1 fully saturated rings. The highest BCUT2D eigenvalue weighted by Gasteiger charge is 2.32. The SMILES string of the molecule is O=C1CCC(=O)N1C(O)O. The quantitative estimate of drug-likeness (QED) is 0.344. The zero-order valence-corrected chi connectivity index (χ0v) is 5.15. The van der Waals surface area contributed by atoms with E-state index < -0.39 is 18.2 Å². The molecule has 1 rings (SSSR count). The lowest BCUT2D eigenvalue weighted by Gasteiger charge is -2.14. The van der Waals surface area contributed by atoms with E-state index in [1.165, 1.54) is 0 Å². The topological polar surface area (TPSA) is 77.8 Å². The molecule has 5 nitrogen and oxygen atoms in total. The van der Waals surface area contributed by atoms with E-state index in [1.54, 1.807) is 0 Å². The molecule has 0 bridgehead atoms. The largest absolute Gasteiger partial charge is 0.351 e. The van der Waals surface area contributed by atoms with Crippen LogP contribution in [0.15, 0.2) is 0 Å². The lowest BCUT2D eigenvalue weighted by atomic mass is 10.4. The van der Waals surface area contributed by atoms with Crippen LogP contribution in [0.5, 0.6) is 0 Å². The predicted molar refractivity (Wildman–Crippen MR) is 29.3 cm³/mol. The Morgan fingerprint density at radius 3 is 1.80 bits per heavy atom. The lowest BCUT2D eigenvalue weighted by molar-refractivity contribution is -0.178. The lowest BCUT2D eigenvalue weighted by Crippen LogP contribution is -2.38. The third kappa shape index (κ3) is 1.01. The maximum absolute atomic E-state index is 10.6. The minimum atomic E-state index is -1.97. The van der Waals surface area contributed by atoms with Gasteiger partial charge < -0.3 is 10.2 Å². The van der Waals surface area contributed by atoms with Crippen molar-refractivity contribution in [2.75, 3.05) is 0 Å². The molecular formula is C5H7NO4. The first kappa shape index (κ1) is 7.17. The number of carbonyl (C=O) groups excluding carboxylic acids is 2. The predicted octanol–water partition coefficient (Wildman–Crippen LogP) is -1.60. The van der Waals surface area contributed by atoms with Crippen LogP contribution in [0.2, 0.25) is 0 Å². The van der Waals surface area contributed by atoms with E-state index in [0.717, 1.165) is 0 Å². The molecular weight excluding hydrogens is 138 g/mol. The van der Waals surface area contributed by atoms with Gasteiger partial charge in [0, 0.05) is 12.8 Å². The zero-order valence-electron chi connectivity index (χ0n) is 5.15. The second-order valence-corrected chi connectivity index (χ2v) is 2.00. The summed E-state index contributed by atoms with van der Waals surface area (Å²) in [4.78, 5) is 21.7. The molecule has 0 aliphatic carbocycles. The summed E-state index contributed by atoms with van der Waals surface area (Å²) < 4.78 is 0. The summed E-state index contributed by atoms with van der Waals surface area (Å²) in [7, 11) is 0. The average Bonchev–Trinajstić information content (AvgIpc) is 2.11. The number of aliphatic hydroxyl groups is 2. The molecule has 2 amide bonds. The molecule has 0 unspecified atom stereocenters. The molecule has 0 atom stereocenters. The van der Waals surface area contributed by atoms with Crippen LogP contribution in [-0.2, 0) is 9.59 Å². The second kappa shape index (κ2) is 2.36. The van der Waals surface area contributed by atoms with Gasteiger partial charge >= 0.3 is 0 Å². The molecule has 0 aromatic carbocycles. The van der Waals surface area contributed by atoms with Crippen molar-refractivity contribution in [2.24, 2.45) is 0 Å². The minimum absolute atomic E-state index is 0.0798. The summed E-state index contributed by atoms with van der Waals surface area (Å²) in [6.07, 6.45) is -1.81. The summed E-state index contributed by atoms with van der Waals surface area (Å²) >= 11 is 0. The smallest absolute Gasteiger partial charge is 0.244 e. The van der Waals surface area contributed by atoms with Gasteiger partial charge in [-0.05, 0) is 0 Å². The minimum Gasteiger partial charge on any atom is -0.351 e. The molecule has 0 saturated carbocycles. The van der Waals surface area contributed by atoms with Crippen molar-refractivity contribution in [1.82, 2.24) is 4.90 Å². The molecule has 0 radical (unpaired) electrons. The Bertz CT molecular complexity index is 160. The van der Waals surface area contributed by atoms with Crippen LogP contribution < -0.4 is 0 Å². The van der Waals surface area contributed by atoms with E-state index >= 15 is 0 Å². The van der Waals surface area contributed by atoms with E-state index in [9.17, 15) is 9.59 Å². The highest BCUT2D eigenvalue weighted by Crippen LogP contribution is 2.12. The maximum Gasteiger partial charge on any atom is 0.244 e. The number of carbonyl (C=O) groups is 2. The van der Waals surface area contributed by atoms with Crippen molar-refractivity contribution in [2.45, 2.75) is 19.3 Å². The van der Waals surface area contributed by atoms with Crippen molar-refractivity contribution in [1.29, 1.82) is 0 Å². The van der Waals surface area contributed by atoms with E-state index in [4.69, 9.17) is 10.2 Å². The van der Waals surface area contributed by atoms with Crippen molar-refractivity contribution in [3.05, 3.63) is 0 Å². The van der Waals surface area contributed by atoms with Gasteiger partial charge in [0.15, 0.2) is 0 Å². The maximum atomic E-state index is 10.6. The van der Waals surface area contributed by atoms with Crippen molar-refractivity contribution in [3.63, 3.8) is 0 Å². The average molecular weight is 145 g/mol. The molecule has 1 saturated heterocycles. The van der Waals surface area contributed by atoms with Gasteiger partial charge in [-0.15, -0.1) is 0 Å². The highest BCUT2D eigenvalue weighted by atomic mass is 16.5. The van der Waals surface area contributed by atoms with Crippen LogP contribution in [-0.4, -0.2) is 33.3 Å². The molecule has 1 aliphatic heterocycles. The van der Waals surface area contributed by atoms with E-state index in [2.05, 4.69) is 0 Å².